The Morgan fingerprint density at radius 2 is 1.82 bits per heavy atom. The molecule has 148 valence electrons. The Morgan fingerprint density at radius 3 is 2.39 bits per heavy atom. The lowest BCUT2D eigenvalue weighted by Gasteiger charge is -2.12. The Kier molecular flexibility index (Phi) is 6.04. The molecule has 0 saturated carbocycles. The average Bonchev–Trinajstić information content (AvgIpc) is 3.34. The maximum Gasteiger partial charge on any atom is 0.277 e. The molecular formula is C17H18N4O6S. The van der Waals surface area contributed by atoms with Gasteiger partial charge in [0.25, 0.3) is 5.22 Å². The van der Waals surface area contributed by atoms with Gasteiger partial charge in [0.05, 0.1) is 32.8 Å². The van der Waals surface area contributed by atoms with Gasteiger partial charge in [-0.05, 0) is 19.1 Å². The molecule has 0 unspecified atom stereocenters. The van der Waals surface area contributed by atoms with Gasteiger partial charge >= 0.3 is 0 Å². The van der Waals surface area contributed by atoms with Gasteiger partial charge in [0.15, 0.2) is 11.5 Å². The number of carbonyl (C=O) groups is 1. The monoisotopic (exact) mass is 406 g/mol. The van der Waals surface area contributed by atoms with E-state index in [4.69, 9.17) is 23.2 Å². The van der Waals surface area contributed by atoms with Crippen LogP contribution in [-0.2, 0) is 4.79 Å². The summed E-state index contributed by atoms with van der Waals surface area (Å²) in [5.74, 6) is 1.71. The van der Waals surface area contributed by atoms with Crippen molar-refractivity contribution in [3.63, 3.8) is 0 Å². The first-order chi connectivity index (χ1) is 13.5. The highest BCUT2D eigenvalue weighted by Crippen LogP contribution is 2.41. The van der Waals surface area contributed by atoms with Gasteiger partial charge in [-0.3, -0.25) is 10.1 Å². The minimum atomic E-state index is -0.284. The number of rotatable bonds is 8. The highest BCUT2D eigenvalue weighted by atomic mass is 32.2. The number of nitrogens with zero attached hydrogens (tertiary/aromatic N) is 3. The third-order valence-corrected chi connectivity index (χ3v) is 4.35. The number of hydrogen-bond donors (Lipinski definition) is 1. The van der Waals surface area contributed by atoms with E-state index in [0.717, 1.165) is 11.8 Å². The topological polar surface area (TPSA) is 122 Å². The highest BCUT2D eigenvalue weighted by molar-refractivity contribution is 7.99. The van der Waals surface area contributed by atoms with Gasteiger partial charge in [0, 0.05) is 11.6 Å². The molecule has 2 aromatic heterocycles. The molecule has 0 aliphatic heterocycles. The molecule has 0 bridgehead atoms. The second kappa shape index (κ2) is 8.65. The van der Waals surface area contributed by atoms with E-state index in [2.05, 4.69) is 20.7 Å². The van der Waals surface area contributed by atoms with Crippen LogP contribution in [0.3, 0.4) is 0 Å². The van der Waals surface area contributed by atoms with Crippen LogP contribution in [-0.4, -0.2) is 48.3 Å². The number of hydrogen-bond acceptors (Lipinski definition) is 10. The van der Waals surface area contributed by atoms with Gasteiger partial charge in [-0.15, -0.1) is 10.2 Å². The summed E-state index contributed by atoms with van der Waals surface area (Å²) in [4.78, 5) is 12.0. The molecular weight excluding hydrogens is 388 g/mol. The van der Waals surface area contributed by atoms with E-state index < -0.39 is 0 Å². The highest BCUT2D eigenvalue weighted by Gasteiger charge is 2.18. The first-order valence-electron chi connectivity index (χ1n) is 8.04. The number of ether oxygens (including phenoxy) is 3. The third kappa shape index (κ3) is 4.36. The zero-order valence-electron chi connectivity index (χ0n) is 15.6. The number of benzene rings is 1. The van der Waals surface area contributed by atoms with Crippen LogP contribution in [0.2, 0.25) is 0 Å². The first kappa shape index (κ1) is 19.5. The lowest BCUT2D eigenvalue weighted by atomic mass is 10.2. The number of aromatic nitrogens is 3. The van der Waals surface area contributed by atoms with Gasteiger partial charge < -0.3 is 23.2 Å². The molecule has 11 heteroatoms. The Morgan fingerprint density at radius 1 is 1.11 bits per heavy atom. The van der Waals surface area contributed by atoms with E-state index in [1.165, 1.54) is 21.3 Å². The fourth-order valence-corrected chi connectivity index (χ4v) is 2.88. The van der Waals surface area contributed by atoms with E-state index >= 15 is 0 Å². The number of nitrogens with one attached hydrogen (secondary N) is 1. The molecule has 0 aliphatic carbocycles. The number of thioether (sulfide) groups is 1. The zero-order chi connectivity index (χ0) is 20.1. The van der Waals surface area contributed by atoms with Crippen molar-refractivity contribution in [3.8, 4) is 28.7 Å². The Balaban J connectivity index is 1.69. The Bertz CT molecular complexity index is 945. The lowest BCUT2D eigenvalue weighted by molar-refractivity contribution is -0.113. The molecule has 0 aliphatic rings. The van der Waals surface area contributed by atoms with Crippen LogP contribution in [0.4, 0.5) is 5.88 Å². The molecule has 0 saturated heterocycles. The Hall–Kier alpha value is -3.21. The summed E-state index contributed by atoms with van der Waals surface area (Å²) >= 11 is 1.10. The quantitative estimate of drug-likeness (QED) is 0.559. The first-order valence-corrected chi connectivity index (χ1v) is 9.02. The van der Waals surface area contributed by atoms with Gasteiger partial charge in [-0.25, -0.2) is 0 Å². The summed E-state index contributed by atoms with van der Waals surface area (Å²) in [5.41, 5.74) is 1.27. The molecule has 1 aromatic carbocycles. The average molecular weight is 406 g/mol. The largest absolute Gasteiger partial charge is 0.493 e. The SMILES string of the molecule is COc1cc(-c2nnc(SCC(=O)Nc3cc(C)no3)o2)cc(OC)c1OC. The van der Waals surface area contributed by atoms with Gasteiger partial charge in [0.1, 0.15) is 0 Å². The molecule has 10 nitrogen and oxygen atoms in total. The summed E-state index contributed by atoms with van der Waals surface area (Å²) in [6, 6.07) is 5.02. The lowest BCUT2D eigenvalue weighted by Crippen LogP contribution is -2.13. The van der Waals surface area contributed by atoms with Crippen molar-refractivity contribution in [1.82, 2.24) is 15.4 Å². The smallest absolute Gasteiger partial charge is 0.277 e. The molecule has 0 spiro atoms. The van der Waals surface area contributed by atoms with E-state index in [9.17, 15) is 4.79 Å². The van der Waals surface area contributed by atoms with Crippen molar-refractivity contribution < 1.29 is 27.9 Å². The van der Waals surface area contributed by atoms with Crippen molar-refractivity contribution in [3.05, 3.63) is 23.9 Å². The summed E-state index contributed by atoms with van der Waals surface area (Å²) in [6.07, 6.45) is 0. The van der Waals surface area contributed by atoms with Crippen LogP contribution in [0.1, 0.15) is 5.69 Å². The fraction of sp³-hybridized carbons (Fsp3) is 0.294. The minimum Gasteiger partial charge on any atom is -0.493 e. The van der Waals surface area contributed by atoms with E-state index in [0.29, 0.717) is 28.5 Å². The molecule has 28 heavy (non-hydrogen) atoms. The minimum absolute atomic E-state index is 0.0661. The van der Waals surface area contributed by atoms with E-state index in [1.54, 1.807) is 25.1 Å². The fourth-order valence-electron chi connectivity index (χ4n) is 2.31. The van der Waals surface area contributed by atoms with Crippen LogP contribution in [0, 0.1) is 6.92 Å². The maximum absolute atomic E-state index is 12.0. The standard InChI is InChI=1S/C17H18N4O6S/c1-9-5-14(27-21-9)18-13(22)8-28-17-20-19-16(26-17)10-6-11(23-2)15(25-4)12(7-10)24-3/h5-7H,8H2,1-4H3,(H,18,22). The van der Waals surface area contributed by atoms with Crippen molar-refractivity contribution in [1.29, 1.82) is 0 Å². The molecule has 0 fully saturated rings. The number of aryl methyl sites for hydroxylation is 1. The van der Waals surface area contributed by atoms with Crippen molar-refractivity contribution in [2.45, 2.75) is 12.1 Å². The van der Waals surface area contributed by atoms with E-state index in [1.807, 2.05) is 0 Å². The van der Waals surface area contributed by atoms with Crippen molar-refractivity contribution >= 4 is 23.6 Å². The van der Waals surface area contributed by atoms with Crippen LogP contribution in [0.5, 0.6) is 17.2 Å². The Labute approximate surface area is 164 Å². The summed E-state index contributed by atoms with van der Waals surface area (Å²) in [7, 11) is 4.56. The number of methoxy groups -OCH3 is 3. The molecule has 2 heterocycles. The normalized spacial score (nSPS) is 10.6. The molecule has 1 amide bonds. The number of anilines is 1. The summed E-state index contributed by atoms with van der Waals surface area (Å²) in [5, 5.41) is 14.5. The second-order valence-corrected chi connectivity index (χ2v) is 6.38. The predicted molar refractivity (Wildman–Crippen MR) is 100.0 cm³/mol. The molecule has 1 N–H and O–H groups in total. The van der Waals surface area contributed by atoms with Crippen LogP contribution < -0.4 is 19.5 Å². The van der Waals surface area contributed by atoms with Crippen LogP contribution in [0.15, 0.2) is 32.4 Å². The summed E-state index contributed by atoms with van der Waals surface area (Å²) in [6.45, 7) is 1.76. The van der Waals surface area contributed by atoms with Crippen LogP contribution >= 0.6 is 11.8 Å². The van der Waals surface area contributed by atoms with Crippen molar-refractivity contribution in [2.24, 2.45) is 0 Å². The molecule has 3 rings (SSSR count). The van der Waals surface area contributed by atoms with Gasteiger partial charge in [-0.1, -0.05) is 16.9 Å². The predicted octanol–water partition coefficient (Wildman–Crippen LogP) is 2.79. The zero-order valence-corrected chi connectivity index (χ0v) is 16.5. The third-order valence-electron chi connectivity index (χ3n) is 3.54. The maximum atomic E-state index is 12.0. The molecule has 0 atom stereocenters. The molecule has 0 radical (unpaired) electrons. The number of carbonyl (C=O) groups excluding carboxylic acids is 1. The van der Waals surface area contributed by atoms with Gasteiger partial charge in [-0.2, -0.15) is 0 Å². The second-order valence-electron chi connectivity index (χ2n) is 5.46. The molecule has 3 aromatic rings. The van der Waals surface area contributed by atoms with Crippen LogP contribution in [0.25, 0.3) is 11.5 Å². The number of amides is 1. The van der Waals surface area contributed by atoms with E-state index in [-0.39, 0.29) is 28.7 Å². The van der Waals surface area contributed by atoms with Crippen molar-refractivity contribution in [2.75, 3.05) is 32.4 Å². The summed E-state index contributed by atoms with van der Waals surface area (Å²) < 4.78 is 26.5. The van der Waals surface area contributed by atoms with Gasteiger partial charge in [0.2, 0.25) is 23.4 Å².